The van der Waals surface area contributed by atoms with Crippen LogP contribution in [-0.4, -0.2) is 20.8 Å². The first kappa shape index (κ1) is 30.1. The zero-order valence-electron chi connectivity index (χ0n) is 28.6. The molecule has 6 aromatic carbocycles. The molecule has 10 rings (SSSR count). The maximum Gasteiger partial charge on any atom is 0.235 e. The van der Waals surface area contributed by atoms with Gasteiger partial charge in [0.2, 0.25) is 5.96 Å². The first-order valence-corrected chi connectivity index (χ1v) is 17.8. The lowest BCUT2D eigenvalue weighted by Crippen LogP contribution is -2.13. The van der Waals surface area contributed by atoms with Crippen molar-refractivity contribution in [2.45, 2.75) is 12.8 Å². The summed E-state index contributed by atoms with van der Waals surface area (Å²) in [6.45, 7) is 4.57. The molecule has 52 heavy (non-hydrogen) atoms. The van der Waals surface area contributed by atoms with Crippen LogP contribution in [0.4, 0.5) is 0 Å². The Balaban J connectivity index is 1.26. The van der Waals surface area contributed by atoms with Gasteiger partial charge in [-0.2, -0.15) is 0 Å². The van der Waals surface area contributed by atoms with Gasteiger partial charge >= 0.3 is 0 Å². The number of aliphatic imine (C=N–C) groups is 2. The summed E-state index contributed by atoms with van der Waals surface area (Å²) in [6.07, 6.45) is 8.57. The van der Waals surface area contributed by atoms with Crippen molar-refractivity contribution in [3.63, 3.8) is 0 Å². The van der Waals surface area contributed by atoms with Gasteiger partial charge in [-0.3, -0.25) is 4.57 Å². The standard InChI is InChI=1S/C48H34N4/c1-32-28-42(36-21-15-20-35(29-36)33-16-5-2-6-17-33)49-48(50-47(32)34-18-7-3-8-19-34)52-44-27-14-12-25-39(44)41-30-40-38-24-11-13-26-43(38)51(45(40)31-46(41)52)37-22-9-4-10-23-37/h2-14,16-20,22-31H,1,15,21H2. The summed E-state index contributed by atoms with van der Waals surface area (Å²) in [6, 6.07) is 53.6. The summed E-state index contributed by atoms with van der Waals surface area (Å²) in [5.41, 5.74) is 12.7. The highest BCUT2D eigenvalue weighted by molar-refractivity contribution is 6.24. The quantitative estimate of drug-likeness (QED) is 0.179. The zero-order chi connectivity index (χ0) is 34.6. The van der Waals surface area contributed by atoms with Crippen LogP contribution in [0.1, 0.15) is 24.0 Å². The monoisotopic (exact) mass is 666 g/mol. The summed E-state index contributed by atoms with van der Waals surface area (Å²) >= 11 is 0. The van der Waals surface area contributed by atoms with Crippen LogP contribution in [0.3, 0.4) is 0 Å². The highest BCUT2D eigenvalue weighted by atomic mass is 15.2. The highest BCUT2D eigenvalue weighted by Gasteiger charge is 2.23. The van der Waals surface area contributed by atoms with Crippen molar-refractivity contribution in [1.29, 1.82) is 0 Å². The zero-order valence-corrected chi connectivity index (χ0v) is 28.6. The Kier molecular flexibility index (Phi) is 7.07. The molecule has 0 saturated carbocycles. The fourth-order valence-electron chi connectivity index (χ4n) is 7.92. The largest absolute Gasteiger partial charge is 0.309 e. The van der Waals surface area contributed by atoms with Gasteiger partial charge in [-0.15, -0.1) is 0 Å². The normalized spacial score (nSPS) is 15.0. The average molecular weight is 667 g/mol. The smallest absolute Gasteiger partial charge is 0.235 e. The number of nitrogens with zero attached hydrogens (tertiary/aromatic N) is 4. The second-order valence-electron chi connectivity index (χ2n) is 13.5. The van der Waals surface area contributed by atoms with Crippen molar-refractivity contribution < 1.29 is 0 Å². The third-order valence-electron chi connectivity index (χ3n) is 10.3. The minimum atomic E-state index is 0.619. The number of hydrogen-bond acceptors (Lipinski definition) is 2. The van der Waals surface area contributed by atoms with Crippen LogP contribution in [0, 0.1) is 0 Å². The van der Waals surface area contributed by atoms with Gasteiger partial charge in [0.05, 0.1) is 33.5 Å². The van der Waals surface area contributed by atoms with Crippen LogP contribution in [0.25, 0.3) is 54.9 Å². The van der Waals surface area contributed by atoms with E-state index in [0.29, 0.717) is 5.96 Å². The molecule has 1 aliphatic heterocycles. The van der Waals surface area contributed by atoms with Gasteiger partial charge in [0.1, 0.15) is 0 Å². The SMILES string of the molecule is C=C1C=C(C2=CC(c3ccccc3)=CCC2)N=C(n2c3ccccc3c3cc4c5ccccc5n(-c5ccccc5)c4cc32)N=C1c1ccccc1. The van der Waals surface area contributed by atoms with Crippen molar-refractivity contribution in [3.8, 4) is 5.69 Å². The van der Waals surface area contributed by atoms with Gasteiger partial charge in [0, 0.05) is 32.8 Å². The van der Waals surface area contributed by atoms with E-state index in [1.807, 2.05) is 6.07 Å². The topological polar surface area (TPSA) is 34.6 Å². The van der Waals surface area contributed by atoms with Crippen LogP contribution in [0.15, 0.2) is 203 Å². The van der Waals surface area contributed by atoms with E-state index in [1.54, 1.807) is 0 Å². The summed E-state index contributed by atoms with van der Waals surface area (Å²) in [4.78, 5) is 10.9. The molecule has 2 aromatic heterocycles. The van der Waals surface area contributed by atoms with Crippen LogP contribution in [-0.2, 0) is 0 Å². The molecule has 0 spiro atoms. The molecule has 4 nitrogen and oxygen atoms in total. The molecule has 0 amide bonds. The van der Waals surface area contributed by atoms with Gasteiger partial charge < -0.3 is 4.57 Å². The molecule has 3 heterocycles. The molecule has 0 unspecified atom stereocenters. The summed E-state index contributed by atoms with van der Waals surface area (Å²) in [7, 11) is 0. The Morgan fingerprint density at radius 2 is 1.08 bits per heavy atom. The summed E-state index contributed by atoms with van der Waals surface area (Å²) in [5, 5.41) is 4.77. The van der Waals surface area contributed by atoms with E-state index >= 15 is 0 Å². The van der Waals surface area contributed by atoms with E-state index in [4.69, 9.17) is 9.98 Å². The first-order chi connectivity index (χ1) is 25.7. The van der Waals surface area contributed by atoms with Crippen LogP contribution >= 0.6 is 0 Å². The Morgan fingerprint density at radius 1 is 0.500 bits per heavy atom. The van der Waals surface area contributed by atoms with E-state index in [1.165, 1.54) is 33.0 Å². The van der Waals surface area contributed by atoms with Crippen LogP contribution in [0.5, 0.6) is 0 Å². The maximum atomic E-state index is 5.49. The predicted molar refractivity (Wildman–Crippen MR) is 219 cm³/mol. The molecule has 4 heteroatoms. The second kappa shape index (κ2) is 12.2. The third kappa shape index (κ3) is 4.91. The summed E-state index contributed by atoms with van der Waals surface area (Å²) < 4.78 is 4.63. The van der Waals surface area contributed by atoms with Crippen molar-refractivity contribution in [3.05, 3.63) is 204 Å². The minimum absolute atomic E-state index is 0.619. The molecule has 1 aliphatic carbocycles. The highest BCUT2D eigenvalue weighted by Crippen LogP contribution is 2.39. The number of fused-ring (bicyclic) bond motifs is 6. The summed E-state index contributed by atoms with van der Waals surface area (Å²) in [5.74, 6) is 0.619. The van der Waals surface area contributed by atoms with Crippen LogP contribution < -0.4 is 0 Å². The van der Waals surface area contributed by atoms with Gasteiger partial charge in [-0.25, -0.2) is 9.98 Å². The fraction of sp³-hybridized carbons (Fsp3) is 0.0417. The lowest BCUT2D eigenvalue weighted by molar-refractivity contribution is 0.963. The lowest BCUT2D eigenvalue weighted by atomic mass is 9.92. The van der Waals surface area contributed by atoms with Gasteiger partial charge in [-0.05, 0) is 83.7 Å². The lowest BCUT2D eigenvalue weighted by Gasteiger charge is -2.15. The molecule has 0 radical (unpaired) electrons. The third-order valence-corrected chi connectivity index (χ3v) is 10.3. The molecule has 0 saturated heterocycles. The fourth-order valence-corrected chi connectivity index (χ4v) is 7.92. The van der Waals surface area contributed by atoms with Gasteiger partial charge in [0.25, 0.3) is 0 Å². The second-order valence-corrected chi connectivity index (χ2v) is 13.5. The number of hydrogen-bond donors (Lipinski definition) is 0. The van der Waals surface area contributed by atoms with E-state index in [9.17, 15) is 0 Å². The maximum absolute atomic E-state index is 5.49. The Labute approximate surface area is 302 Å². The van der Waals surface area contributed by atoms with E-state index < -0.39 is 0 Å². The van der Waals surface area contributed by atoms with Crippen LogP contribution in [0.2, 0.25) is 0 Å². The first-order valence-electron chi connectivity index (χ1n) is 17.8. The van der Waals surface area contributed by atoms with Gasteiger partial charge in [0.15, 0.2) is 0 Å². The number of benzene rings is 6. The van der Waals surface area contributed by atoms with E-state index in [-0.39, 0.29) is 0 Å². The molecule has 8 aromatic rings. The number of aromatic nitrogens is 2. The Bertz CT molecular complexity index is 2880. The Morgan fingerprint density at radius 3 is 1.77 bits per heavy atom. The molecule has 2 aliphatic rings. The number of allylic oxidation sites excluding steroid dienone is 6. The molecule has 246 valence electrons. The molecular formula is C48H34N4. The minimum Gasteiger partial charge on any atom is -0.309 e. The molecule has 0 N–H and O–H groups in total. The van der Waals surface area contributed by atoms with Gasteiger partial charge in [-0.1, -0.05) is 128 Å². The average Bonchev–Trinajstić information content (AvgIpc) is 3.64. The van der Waals surface area contributed by atoms with Crippen molar-refractivity contribution in [2.24, 2.45) is 9.98 Å². The molecule has 0 atom stereocenters. The Hall–Kier alpha value is -6.78. The predicted octanol–water partition coefficient (Wildman–Crippen LogP) is 11.8. The van der Waals surface area contributed by atoms with E-state index in [2.05, 4.69) is 180 Å². The van der Waals surface area contributed by atoms with E-state index in [0.717, 1.165) is 68.4 Å². The molecule has 0 fully saturated rings. The molecule has 0 bridgehead atoms. The number of rotatable bonds is 4. The van der Waals surface area contributed by atoms with Crippen molar-refractivity contribution >= 4 is 60.9 Å². The number of para-hydroxylation sites is 3. The van der Waals surface area contributed by atoms with Crippen molar-refractivity contribution in [2.75, 3.05) is 0 Å². The molecular weight excluding hydrogens is 633 g/mol. The van der Waals surface area contributed by atoms with Crippen molar-refractivity contribution in [1.82, 2.24) is 9.13 Å².